The van der Waals surface area contributed by atoms with E-state index in [0.29, 0.717) is 6.54 Å². The number of imide groups is 1. The van der Waals surface area contributed by atoms with Crippen LogP contribution in [0.5, 0.6) is 0 Å². The molecule has 0 radical (unpaired) electrons. The van der Waals surface area contributed by atoms with E-state index in [1.165, 1.54) is 4.90 Å². The first-order valence-electron chi connectivity index (χ1n) is 6.47. The van der Waals surface area contributed by atoms with Crippen LogP contribution in [0, 0.1) is 0 Å². The van der Waals surface area contributed by atoms with Gasteiger partial charge in [-0.15, -0.1) is 11.3 Å². The van der Waals surface area contributed by atoms with Gasteiger partial charge in [0.2, 0.25) is 11.8 Å². The molecule has 0 aliphatic carbocycles. The van der Waals surface area contributed by atoms with Crippen molar-refractivity contribution < 1.29 is 9.59 Å². The molecule has 0 bridgehead atoms. The van der Waals surface area contributed by atoms with Crippen molar-refractivity contribution in [3.8, 4) is 0 Å². The maximum atomic E-state index is 12.2. The number of carbonyl (C=O) groups is 2. The molecule has 19 heavy (non-hydrogen) atoms. The van der Waals surface area contributed by atoms with Crippen LogP contribution in [0.4, 0.5) is 0 Å². The number of thiazole rings is 1. The highest BCUT2D eigenvalue weighted by Crippen LogP contribution is 2.25. The number of amides is 2. The molecule has 1 aliphatic heterocycles. The lowest BCUT2D eigenvalue weighted by Crippen LogP contribution is -2.47. The molecule has 2 rings (SSSR count). The minimum absolute atomic E-state index is 0.0840. The number of nitrogens with one attached hydrogen (secondary N) is 1. The van der Waals surface area contributed by atoms with E-state index >= 15 is 0 Å². The molecule has 0 saturated carbocycles. The predicted molar refractivity (Wildman–Crippen MR) is 73.7 cm³/mol. The molecule has 1 aromatic heterocycles. The Labute approximate surface area is 117 Å². The van der Waals surface area contributed by atoms with Gasteiger partial charge in [-0.1, -0.05) is 6.92 Å². The molecular formula is C13H19N3O2S. The summed E-state index contributed by atoms with van der Waals surface area (Å²) >= 11 is 1.54. The van der Waals surface area contributed by atoms with Gasteiger partial charge in [0.05, 0.1) is 18.0 Å². The first-order chi connectivity index (χ1) is 8.95. The smallest absolute Gasteiger partial charge is 0.246 e. The standard InChI is InChI=1S/C13H19N3O2S/c1-4-6-16-10(17)8-9(11(16)18)15-13(2,3)12-14-5-7-19-12/h5,7,9,15H,4,6,8H2,1-3H3. The van der Waals surface area contributed by atoms with E-state index in [1.807, 2.05) is 26.2 Å². The lowest BCUT2D eigenvalue weighted by Gasteiger charge is -2.27. The molecule has 1 unspecified atom stereocenters. The number of hydrogen-bond donors (Lipinski definition) is 1. The molecule has 104 valence electrons. The Morgan fingerprint density at radius 3 is 2.84 bits per heavy atom. The van der Waals surface area contributed by atoms with Gasteiger partial charge in [-0.2, -0.15) is 0 Å². The molecule has 1 saturated heterocycles. The van der Waals surface area contributed by atoms with Crippen molar-refractivity contribution in [3.63, 3.8) is 0 Å². The zero-order valence-electron chi connectivity index (χ0n) is 11.5. The summed E-state index contributed by atoms with van der Waals surface area (Å²) in [4.78, 5) is 29.6. The third kappa shape index (κ3) is 2.84. The Kier molecular flexibility index (Phi) is 4.01. The van der Waals surface area contributed by atoms with E-state index < -0.39 is 11.6 Å². The first-order valence-corrected chi connectivity index (χ1v) is 7.35. The normalized spacial score (nSPS) is 20.4. The average Bonchev–Trinajstić information content (AvgIpc) is 2.94. The Morgan fingerprint density at radius 2 is 2.26 bits per heavy atom. The number of carbonyl (C=O) groups excluding carboxylic acids is 2. The van der Waals surface area contributed by atoms with Crippen LogP contribution in [0.1, 0.15) is 38.6 Å². The van der Waals surface area contributed by atoms with Crippen molar-refractivity contribution in [2.24, 2.45) is 0 Å². The lowest BCUT2D eigenvalue weighted by atomic mass is 10.0. The third-order valence-electron chi connectivity index (χ3n) is 3.19. The van der Waals surface area contributed by atoms with E-state index in [2.05, 4.69) is 10.3 Å². The van der Waals surface area contributed by atoms with Crippen molar-refractivity contribution in [2.75, 3.05) is 6.54 Å². The van der Waals surface area contributed by atoms with Crippen LogP contribution in [0.2, 0.25) is 0 Å². The molecule has 2 heterocycles. The monoisotopic (exact) mass is 281 g/mol. The Morgan fingerprint density at radius 1 is 1.53 bits per heavy atom. The quantitative estimate of drug-likeness (QED) is 0.831. The van der Waals surface area contributed by atoms with Crippen molar-refractivity contribution in [1.82, 2.24) is 15.2 Å². The molecule has 1 fully saturated rings. The lowest BCUT2D eigenvalue weighted by molar-refractivity contribution is -0.139. The maximum absolute atomic E-state index is 12.2. The minimum Gasteiger partial charge on any atom is -0.294 e. The Hall–Kier alpha value is -1.27. The molecule has 1 N–H and O–H groups in total. The maximum Gasteiger partial charge on any atom is 0.246 e. The second kappa shape index (κ2) is 5.38. The molecule has 1 aliphatic rings. The van der Waals surface area contributed by atoms with Gasteiger partial charge in [0.1, 0.15) is 5.01 Å². The van der Waals surface area contributed by atoms with Crippen LogP contribution in [0.3, 0.4) is 0 Å². The summed E-state index contributed by atoms with van der Waals surface area (Å²) in [5.41, 5.74) is -0.406. The summed E-state index contributed by atoms with van der Waals surface area (Å²) in [5.74, 6) is -0.198. The highest BCUT2D eigenvalue weighted by molar-refractivity contribution is 7.09. The highest BCUT2D eigenvalue weighted by Gasteiger charge is 2.41. The van der Waals surface area contributed by atoms with Crippen LogP contribution in [-0.2, 0) is 15.1 Å². The van der Waals surface area contributed by atoms with Gasteiger partial charge >= 0.3 is 0 Å². The Bertz CT molecular complexity index is 470. The fourth-order valence-corrected chi connectivity index (χ4v) is 3.01. The number of likely N-dealkylation sites (tertiary alicyclic amines) is 1. The van der Waals surface area contributed by atoms with Crippen molar-refractivity contribution in [3.05, 3.63) is 16.6 Å². The van der Waals surface area contributed by atoms with Crippen molar-refractivity contribution in [2.45, 2.75) is 45.2 Å². The van der Waals surface area contributed by atoms with Gasteiger partial charge in [0.25, 0.3) is 0 Å². The summed E-state index contributed by atoms with van der Waals surface area (Å²) in [6.07, 6.45) is 2.78. The SMILES string of the molecule is CCCN1C(=O)CC(NC(C)(C)c2nccs2)C1=O. The number of rotatable bonds is 5. The molecule has 0 spiro atoms. The molecule has 6 heteroatoms. The van der Waals surface area contributed by atoms with Crippen LogP contribution < -0.4 is 5.32 Å². The van der Waals surface area contributed by atoms with E-state index in [1.54, 1.807) is 17.5 Å². The zero-order valence-corrected chi connectivity index (χ0v) is 12.3. The number of aromatic nitrogens is 1. The second-order valence-electron chi connectivity index (χ2n) is 5.25. The zero-order chi connectivity index (χ0) is 14.0. The molecule has 0 aromatic carbocycles. The van der Waals surface area contributed by atoms with Crippen LogP contribution in [0.15, 0.2) is 11.6 Å². The van der Waals surface area contributed by atoms with E-state index in [9.17, 15) is 9.59 Å². The third-order valence-corrected chi connectivity index (χ3v) is 4.29. The highest BCUT2D eigenvalue weighted by atomic mass is 32.1. The number of nitrogens with zero attached hydrogens (tertiary/aromatic N) is 2. The fraction of sp³-hybridized carbons (Fsp3) is 0.615. The number of hydrogen-bond acceptors (Lipinski definition) is 5. The van der Waals surface area contributed by atoms with E-state index in [-0.39, 0.29) is 18.2 Å². The van der Waals surface area contributed by atoms with Gasteiger partial charge in [-0.05, 0) is 20.3 Å². The van der Waals surface area contributed by atoms with Gasteiger partial charge in [-0.25, -0.2) is 4.98 Å². The first kappa shape index (κ1) is 14.1. The van der Waals surface area contributed by atoms with Crippen LogP contribution in [0.25, 0.3) is 0 Å². The van der Waals surface area contributed by atoms with Gasteiger partial charge in [0.15, 0.2) is 0 Å². The molecule has 5 nitrogen and oxygen atoms in total. The summed E-state index contributed by atoms with van der Waals surface area (Å²) < 4.78 is 0. The summed E-state index contributed by atoms with van der Waals surface area (Å²) in [7, 11) is 0. The second-order valence-corrected chi connectivity index (χ2v) is 6.14. The predicted octanol–water partition coefficient (Wildman–Crippen LogP) is 1.51. The molecule has 1 atom stereocenters. The summed E-state index contributed by atoms with van der Waals surface area (Å²) in [6, 6.07) is -0.432. The van der Waals surface area contributed by atoms with Crippen molar-refractivity contribution >= 4 is 23.2 Å². The fourth-order valence-electron chi connectivity index (χ4n) is 2.28. The van der Waals surface area contributed by atoms with Gasteiger partial charge in [-0.3, -0.25) is 19.8 Å². The molecular weight excluding hydrogens is 262 g/mol. The van der Waals surface area contributed by atoms with E-state index in [4.69, 9.17) is 0 Å². The van der Waals surface area contributed by atoms with Crippen molar-refractivity contribution in [1.29, 1.82) is 0 Å². The molecule has 2 amide bonds. The Balaban J connectivity index is 2.08. The van der Waals surface area contributed by atoms with Crippen LogP contribution in [-0.4, -0.2) is 34.3 Å². The van der Waals surface area contributed by atoms with E-state index in [0.717, 1.165) is 11.4 Å². The summed E-state index contributed by atoms with van der Waals surface area (Å²) in [6.45, 7) is 6.42. The van der Waals surface area contributed by atoms with Crippen LogP contribution >= 0.6 is 11.3 Å². The topological polar surface area (TPSA) is 62.3 Å². The largest absolute Gasteiger partial charge is 0.294 e. The average molecular weight is 281 g/mol. The summed E-state index contributed by atoms with van der Waals surface area (Å²) in [5, 5.41) is 6.09. The minimum atomic E-state index is -0.432. The van der Waals surface area contributed by atoms with Gasteiger partial charge in [0, 0.05) is 18.1 Å². The molecule has 1 aromatic rings. The van der Waals surface area contributed by atoms with Gasteiger partial charge < -0.3 is 0 Å².